The number of carbonyl (C=O) groups excluding carboxylic acids is 3. The van der Waals surface area contributed by atoms with Gasteiger partial charge in [-0.15, -0.1) is 0 Å². The number of esters is 3. The third-order valence-corrected chi connectivity index (χ3v) is 6.30. The Morgan fingerprint density at radius 2 is 1.26 bits per heavy atom. The summed E-state index contributed by atoms with van der Waals surface area (Å²) in [4.78, 5) is 38.7. The highest BCUT2D eigenvalue weighted by atomic mass is 32.1. The highest BCUT2D eigenvalue weighted by molar-refractivity contribution is 7.09. The van der Waals surface area contributed by atoms with E-state index in [2.05, 4.69) is 20.1 Å². The van der Waals surface area contributed by atoms with E-state index in [9.17, 15) is 14.4 Å². The maximum atomic E-state index is 13.1. The van der Waals surface area contributed by atoms with Gasteiger partial charge in [0.15, 0.2) is 18.4 Å². The second kappa shape index (κ2) is 12.2. The van der Waals surface area contributed by atoms with Gasteiger partial charge in [-0.3, -0.25) is 0 Å². The van der Waals surface area contributed by atoms with Crippen LogP contribution in [0.2, 0.25) is 0 Å². The fraction of sp³-hybridized carbons (Fsp3) is 0.185. The van der Waals surface area contributed by atoms with Gasteiger partial charge in [-0.25, -0.2) is 14.4 Å². The van der Waals surface area contributed by atoms with E-state index in [-0.39, 0.29) is 17.3 Å². The largest absolute Gasteiger partial charge is 0.459 e. The fourth-order valence-electron chi connectivity index (χ4n) is 3.91. The van der Waals surface area contributed by atoms with Crippen molar-refractivity contribution in [2.24, 2.45) is 0 Å². The van der Waals surface area contributed by atoms with Gasteiger partial charge in [-0.1, -0.05) is 64.2 Å². The lowest BCUT2D eigenvalue weighted by Gasteiger charge is -2.24. The van der Waals surface area contributed by atoms with Gasteiger partial charge in [0.2, 0.25) is 5.13 Å². The Balaban J connectivity index is 1.41. The molecule has 5 rings (SSSR count). The van der Waals surface area contributed by atoms with Crippen molar-refractivity contribution in [3.8, 4) is 0 Å². The lowest BCUT2D eigenvalue weighted by atomic mass is 10.1. The number of hydrogen-bond acceptors (Lipinski definition) is 12. The molecule has 0 radical (unpaired) electrons. The summed E-state index contributed by atoms with van der Waals surface area (Å²) in [6, 6.07) is 25.1. The summed E-state index contributed by atoms with van der Waals surface area (Å²) < 4.78 is 26.9. The molecule has 4 atom stereocenters. The lowest BCUT2D eigenvalue weighted by Crippen LogP contribution is -2.43. The lowest BCUT2D eigenvalue weighted by molar-refractivity contribution is -0.0441. The van der Waals surface area contributed by atoms with Gasteiger partial charge < -0.3 is 24.3 Å². The van der Waals surface area contributed by atoms with Gasteiger partial charge in [0.05, 0.1) is 16.7 Å². The zero-order valence-corrected chi connectivity index (χ0v) is 21.1. The Morgan fingerprint density at radius 3 is 1.77 bits per heavy atom. The molecule has 1 aromatic heterocycles. The number of benzene rings is 3. The van der Waals surface area contributed by atoms with Crippen molar-refractivity contribution in [1.29, 1.82) is 0 Å². The van der Waals surface area contributed by atoms with E-state index >= 15 is 0 Å². The molecule has 198 valence electrons. The minimum atomic E-state index is -1.15. The Bertz CT molecular complexity index is 1390. The zero-order chi connectivity index (χ0) is 27.0. The summed E-state index contributed by atoms with van der Waals surface area (Å²) in [6.45, 7) is -0.285. The first-order valence-corrected chi connectivity index (χ1v) is 12.7. The topological polar surface area (TPSA) is 139 Å². The van der Waals surface area contributed by atoms with Crippen LogP contribution < -0.4 is 5.32 Å². The minimum absolute atomic E-state index is 0.285. The molecule has 1 saturated heterocycles. The Kier molecular flexibility index (Phi) is 8.15. The van der Waals surface area contributed by atoms with Crippen LogP contribution in [0, 0.1) is 0 Å². The van der Waals surface area contributed by atoms with Crippen LogP contribution in [0.15, 0.2) is 91.0 Å². The van der Waals surface area contributed by atoms with E-state index < -0.39 is 42.4 Å². The summed E-state index contributed by atoms with van der Waals surface area (Å²) in [7, 11) is 0. The molecule has 3 aromatic carbocycles. The average Bonchev–Trinajstić information content (AvgIpc) is 3.61. The first kappa shape index (κ1) is 25.9. The molecule has 0 saturated carbocycles. The number of anilines is 1. The Labute approximate surface area is 226 Å². The molecule has 1 aliphatic rings. The Hall–Kier alpha value is -4.68. The van der Waals surface area contributed by atoms with Crippen molar-refractivity contribution in [1.82, 2.24) is 14.8 Å². The molecule has 0 unspecified atom stereocenters. The average molecular weight is 547 g/mol. The van der Waals surface area contributed by atoms with Crippen molar-refractivity contribution >= 4 is 34.6 Å². The van der Waals surface area contributed by atoms with Crippen molar-refractivity contribution in [2.45, 2.75) is 24.5 Å². The van der Waals surface area contributed by atoms with E-state index in [1.807, 2.05) is 0 Å². The van der Waals surface area contributed by atoms with Crippen LogP contribution in [0.5, 0.6) is 0 Å². The third kappa shape index (κ3) is 6.43. The van der Waals surface area contributed by atoms with Crippen LogP contribution in [0.1, 0.15) is 31.1 Å². The number of nitrogens with zero attached hydrogens (tertiary/aromatic N) is 3. The SMILES string of the molecule is O=C(OC[C@H]1O[C@@H](Nc2nnns2)[C@H](OC(=O)c2ccccc2)[C@@H]1OC(=O)c1ccccc1)c1ccccc1. The van der Waals surface area contributed by atoms with E-state index in [0.29, 0.717) is 11.1 Å². The van der Waals surface area contributed by atoms with Crippen LogP contribution in [0.25, 0.3) is 0 Å². The second-order valence-corrected chi connectivity index (χ2v) is 9.08. The number of nitrogens with one attached hydrogen (secondary N) is 1. The van der Waals surface area contributed by atoms with Crippen LogP contribution in [0.3, 0.4) is 0 Å². The van der Waals surface area contributed by atoms with Gasteiger partial charge in [-0.2, -0.15) is 0 Å². The highest BCUT2D eigenvalue weighted by Gasteiger charge is 2.51. The van der Waals surface area contributed by atoms with Gasteiger partial charge in [0, 0.05) is 11.5 Å². The molecular formula is C27H22N4O7S. The van der Waals surface area contributed by atoms with Crippen LogP contribution >= 0.6 is 11.5 Å². The number of aromatic nitrogens is 3. The van der Waals surface area contributed by atoms with E-state index in [0.717, 1.165) is 11.5 Å². The van der Waals surface area contributed by atoms with E-state index in [1.165, 1.54) is 0 Å². The quantitative estimate of drug-likeness (QED) is 0.244. The van der Waals surface area contributed by atoms with Crippen molar-refractivity contribution in [3.05, 3.63) is 108 Å². The Morgan fingerprint density at radius 1 is 0.744 bits per heavy atom. The standard InChI is InChI=1S/C27H22N4O7S/c32-24(17-10-4-1-5-11-17)35-16-20-21(37-25(33)18-12-6-2-7-13-18)22(23(36-20)28-27-29-30-31-39-27)38-26(34)19-14-8-3-9-15-19/h1-15,20-23H,16H2,(H,28,29,31)/t20-,21-,22-,23-/m1/s1. The maximum Gasteiger partial charge on any atom is 0.338 e. The predicted molar refractivity (Wildman–Crippen MR) is 138 cm³/mol. The van der Waals surface area contributed by atoms with Crippen molar-refractivity contribution in [2.75, 3.05) is 11.9 Å². The van der Waals surface area contributed by atoms with Gasteiger partial charge in [-0.05, 0) is 41.6 Å². The molecular weight excluding hydrogens is 524 g/mol. The smallest absolute Gasteiger partial charge is 0.338 e. The number of hydrogen-bond donors (Lipinski definition) is 1. The molecule has 1 aliphatic heterocycles. The molecule has 0 spiro atoms. The predicted octanol–water partition coefficient (Wildman–Crippen LogP) is 3.38. The first-order valence-electron chi connectivity index (χ1n) is 11.9. The summed E-state index contributed by atoms with van der Waals surface area (Å²) in [5, 5.41) is 10.7. The number of carbonyl (C=O) groups is 3. The summed E-state index contributed by atoms with van der Waals surface area (Å²) in [5.41, 5.74) is 0.923. The third-order valence-electron chi connectivity index (χ3n) is 5.77. The molecule has 11 nitrogen and oxygen atoms in total. The van der Waals surface area contributed by atoms with Crippen LogP contribution in [-0.4, -0.2) is 63.9 Å². The van der Waals surface area contributed by atoms with Gasteiger partial charge >= 0.3 is 17.9 Å². The summed E-state index contributed by atoms with van der Waals surface area (Å²) in [6.07, 6.45) is -4.30. The van der Waals surface area contributed by atoms with Crippen molar-refractivity contribution < 1.29 is 33.3 Å². The van der Waals surface area contributed by atoms with E-state index in [1.54, 1.807) is 91.0 Å². The summed E-state index contributed by atoms with van der Waals surface area (Å²) >= 11 is 0.959. The molecule has 12 heteroatoms. The van der Waals surface area contributed by atoms with Crippen LogP contribution in [0.4, 0.5) is 5.13 Å². The van der Waals surface area contributed by atoms with Crippen molar-refractivity contribution in [3.63, 3.8) is 0 Å². The van der Waals surface area contributed by atoms with E-state index in [4.69, 9.17) is 18.9 Å². The van der Waals surface area contributed by atoms with Gasteiger partial charge in [0.25, 0.3) is 0 Å². The molecule has 1 fully saturated rings. The molecule has 0 aliphatic carbocycles. The molecule has 0 bridgehead atoms. The molecule has 2 heterocycles. The number of rotatable bonds is 9. The fourth-order valence-corrected chi connectivity index (χ4v) is 4.30. The first-order chi connectivity index (χ1) is 19.1. The normalized spacial score (nSPS) is 20.1. The maximum absolute atomic E-state index is 13.1. The second-order valence-electron chi connectivity index (χ2n) is 8.34. The monoisotopic (exact) mass is 546 g/mol. The summed E-state index contributed by atoms with van der Waals surface area (Å²) in [5.74, 6) is -1.91. The molecule has 1 N–H and O–H groups in total. The molecule has 39 heavy (non-hydrogen) atoms. The molecule has 0 amide bonds. The molecule has 4 aromatic rings. The highest BCUT2D eigenvalue weighted by Crippen LogP contribution is 2.30. The minimum Gasteiger partial charge on any atom is -0.459 e. The number of ether oxygens (including phenoxy) is 4. The van der Waals surface area contributed by atoms with Crippen LogP contribution in [-0.2, 0) is 18.9 Å². The van der Waals surface area contributed by atoms with Gasteiger partial charge in [0.1, 0.15) is 12.7 Å². The zero-order valence-electron chi connectivity index (χ0n) is 20.3.